The summed E-state index contributed by atoms with van der Waals surface area (Å²) in [6, 6.07) is 36.6. The predicted octanol–water partition coefficient (Wildman–Crippen LogP) is 7.94. The van der Waals surface area contributed by atoms with Gasteiger partial charge in [0.05, 0.1) is 0 Å². The van der Waals surface area contributed by atoms with E-state index in [2.05, 4.69) is 150 Å². The van der Waals surface area contributed by atoms with Gasteiger partial charge in [-0.3, -0.25) is 0 Å². The van der Waals surface area contributed by atoms with Crippen LogP contribution < -0.4 is 21.2 Å². The minimum absolute atomic E-state index is 0.402. The van der Waals surface area contributed by atoms with Crippen molar-refractivity contribution in [3.63, 3.8) is 0 Å². The quantitative estimate of drug-likeness (QED) is 0.218. The summed E-state index contributed by atoms with van der Waals surface area (Å²) in [5, 5.41) is 7.42. The van der Waals surface area contributed by atoms with Gasteiger partial charge in [0, 0.05) is 5.92 Å². The topological polar surface area (TPSA) is 0 Å². The molecule has 37 heavy (non-hydrogen) atoms. The lowest BCUT2D eigenvalue weighted by atomic mass is 10.1. The minimum atomic E-state index is -0.602. The zero-order valence-electron chi connectivity index (χ0n) is 22.5. The van der Waals surface area contributed by atoms with Crippen molar-refractivity contribution in [3.05, 3.63) is 143 Å². The van der Waals surface area contributed by atoms with E-state index in [1.807, 2.05) is 0 Å². The second kappa shape index (κ2) is 11.3. The third-order valence-corrected chi connectivity index (χ3v) is 12.5. The van der Waals surface area contributed by atoms with Crippen LogP contribution in [0.5, 0.6) is 0 Å². The van der Waals surface area contributed by atoms with Crippen LogP contribution in [-0.2, 0) is 0 Å². The normalized spacial score (nSPS) is 15.9. The molecule has 0 nitrogen and oxygen atoms in total. The lowest BCUT2D eigenvalue weighted by Gasteiger charge is -2.34. The largest absolute Gasteiger partial charge is 0.0763 e. The summed E-state index contributed by atoms with van der Waals surface area (Å²) in [5.41, 5.74) is 5.89. The zero-order valence-corrected chi connectivity index (χ0v) is 24.3. The summed E-state index contributed by atoms with van der Waals surface area (Å²) in [6.45, 7) is 11.4. The Bertz CT molecular complexity index is 1300. The molecule has 1 aliphatic carbocycles. The van der Waals surface area contributed by atoms with Crippen molar-refractivity contribution >= 4 is 37.1 Å². The number of allylic oxidation sites excluding steroid dienone is 4. The summed E-state index contributed by atoms with van der Waals surface area (Å²) in [7, 11) is -1.16. The van der Waals surface area contributed by atoms with E-state index in [1.165, 1.54) is 43.5 Å². The number of benzene rings is 4. The van der Waals surface area contributed by atoms with Gasteiger partial charge in [-0.15, -0.1) is 0 Å². The van der Waals surface area contributed by atoms with E-state index in [9.17, 15) is 0 Å². The van der Waals surface area contributed by atoms with Crippen molar-refractivity contribution in [2.24, 2.45) is 5.92 Å². The monoisotopic (exact) mass is 518 g/mol. The van der Waals surface area contributed by atoms with Gasteiger partial charge in [-0.05, 0) is 75.7 Å². The fourth-order valence-electron chi connectivity index (χ4n) is 5.68. The molecule has 0 heterocycles. The Morgan fingerprint density at radius 2 is 1.00 bits per heavy atom. The smallest absolute Gasteiger partial charge is 0.0103 e. The predicted molar refractivity (Wildman–Crippen MR) is 167 cm³/mol. The molecule has 4 aromatic carbocycles. The molecule has 0 amide bonds. The Labute approximate surface area is 225 Å². The van der Waals surface area contributed by atoms with Gasteiger partial charge in [0.2, 0.25) is 0 Å². The summed E-state index contributed by atoms with van der Waals surface area (Å²) < 4.78 is 0. The number of hydrogen-bond acceptors (Lipinski definition) is 0. The molecule has 2 heteroatoms. The minimum Gasteiger partial charge on any atom is -0.0763 e. The van der Waals surface area contributed by atoms with E-state index >= 15 is 0 Å². The molecule has 0 saturated heterocycles. The third-order valence-electron chi connectivity index (χ3n) is 7.11. The maximum atomic E-state index is 2.50. The molecule has 0 bridgehead atoms. The molecular formula is C35H36P2. The first-order valence-corrected chi connectivity index (χ1v) is 15.9. The van der Waals surface area contributed by atoms with Crippen LogP contribution in [0.25, 0.3) is 0 Å². The zero-order chi connectivity index (χ0) is 25.9. The van der Waals surface area contributed by atoms with Gasteiger partial charge in [-0.25, -0.2) is 0 Å². The molecule has 0 radical (unpaired) electrons. The highest BCUT2D eigenvalue weighted by atomic mass is 31.1. The Morgan fingerprint density at radius 1 is 0.568 bits per heavy atom. The molecule has 2 atom stereocenters. The highest BCUT2D eigenvalue weighted by molar-refractivity contribution is 7.77. The van der Waals surface area contributed by atoms with Crippen molar-refractivity contribution in [2.45, 2.75) is 40.3 Å². The Kier molecular flexibility index (Phi) is 7.90. The first-order valence-electron chi connectivity index (χ1n) is 13.1. The molecule has 186 valence electrons. The lowest BCUT2D eigenvalue weighted by Crippen LogP contribution is -2.27. The molecule has 0 fully saturated rings. The van der Waals surface area contributed by atoms with Crippen LogP contribution in [0.15, 0.2) is 121 Å². The first kappa shape index (κ1) is 25.9. The number of aryl methyl sites for hydroxylation is 4. The van der Waals surface area contributed by atoms with Crippen LogP contribution in [0.3, 0.4) is 0 Å². The van der Waals surface area contributed by atoms with Crippen molar-refractivity contribution in [2.75, 3.05) is 0 Å². The Morgan fingerprint density at radius 3 is 1.43 bits per heavy atom. The summed E-state index contributed by atoms with van der Waals surface area (Å²) in [6.07, 6.45) is 7.21. The maximum absolute atomic E-state index is 2.50. The lowest BCUT2D eigenvalue weighted by molar-refractivity contribution is 0.785. The van der Waals surface area contributed by atoms with E-state index in [-0.39, 0.29) is 0 Å². The number of rotatable bonds is 7. The summed E-state index contributed by atoms with van der Waals surface area (Å²) in [5.74, 6) is 0.402. The molecule has 5 rings (SSSR count). The van der Waals surface area contributed by atoms with E-state index < -0.39 is 15.8 Å². The van der Waals surface area contributed by atoms with Crippen LogP contribution in [0.2, 0.25) is 0 Å². The van der Waals surface area contributed by atoms with Gasteiger partial charge in [-0.2, -0.15) is 0 Å². The Balaban J connectivity index is 1.62. The fourth-order valence-corrected chi connectivity index (χ4v) is 11.7. The van der Waals surface area contributed by atoms with Gasteiger partial charge < -0.3 is 0 Å². The maximum Gasteiger partial charge on any atom is 0.0103 e. The molecule has 0 saturated carbocycles. The van der Waals surface area contributed by atoms with Crippen LogP contribution in [0.1, 0.15) is 29.2 Å². The van der Waals surface area contributed by atoms with Gasteiger partial charge >= 0.3 is 0 Å². The van der Waals surface area contributed by atoms with Gasteiger partial charge in [0.15, 0.2) is 0 Å². The molecule has 0 N–H and O–H groups in total. The molecule has 0 aliphatic heterocycles. The SMILES string of the molecule is Cc1cc(C)cc(P(c2cc(C)cc(C)c2)[C@@H](C)C2C=CC=C2P(c2ccccc2)c2ccccc2)c1. The van der Waals surface area contributed by atoms with E-state index in [4.69, 9.17) is 0 Å². The molecule has 0 aromatic heterocycles. The van der Waals surface area contributed by atoms with Crippen molar-refractivity contribution in [1.82, 2.24) is 0 Å². The molecule has 1 aliphatic rings. The highest BCUT2D eigenvalue weighted by Gasteiger charge is 2.34. The molecule has 0 spiro atoms. The van der Waals surface area contributed by atoms with Crippen molar-refractivity contribution in [3.8, 4) is 0 Å². The van der Waals surface area contributed by atoms with Crippen LogP contribution in [0, 0.1) is 33.6 Å². The standard InChI is InChI=1S/C35H36P2/c1-25-19-26(2)22-32(21-25)36(33-23-27(3)20-28(4)24-33)29(5)34-17-12-18-35(34)37(30-13-8-6-9-14-30)31-15-10-7-11-16-31/h6-24,29,34H,1-5H3/t29-,34?/m0/s1. The first-order chi connectivity index (χ1) is 17.9. The van der Waals surface area contributed by atoms with Crippen LogP contribution in [0.4, 0.5) is 0 Å². The van der Waals surface area contributed by atoms with Gasteiger partial charge in [0.25, 0.3) is 0 Å². The second-order valence-electron chi connectivity index (χ2n) is 10.3. The van der Waals surface area contributed by atoms with Gasteiger partial charge in [-0.1, -0.05) is 144 Å². The molecule has 1 unspecified atom stereocenters. The average molecular weight is 519 g/mol. The molecule has 4 aromatic rings. The van der Waals surface area contributed by atoms with Crippen LogP contribution in [-0.4, -0.2) is 5.66 Å². The van der Waals surface area contributed by atoms with Crippen molar-refractivity contribution in [1.29, 1.82) is 0 Å². The van der Waals surface area contributed by atoms with E-state index in [0.717, 1.165) is 0 Å². The highest BCUT2D eigenvalue weighted by Crippen LogP contribution is 2.55. The van der Waals surface area contributed by atoms with Gasteiger partial charge in [0.1, 0.15) is 0 Å². The van der Waals surface area contributed by atoms with Crippen molar-refractivity contribution < 1.29 is 0 Å². The Hall–Kier alpha value is -2.78. The third kappa shape index (κ3) is 5.72. The van der Waals surface area contributed by atoms with Crippen LogP contribution >= 0.6 is 15.8 Å². The van der Waals surface area contributed by atoms with E-state index in [1.54, 1.807) is 5.31 Å². The molecular weight excluding hydrogens is 482 g/mol. The second-order valence-corrected chi connectivity index (χ2v) is 15.1. The number of hydrogen-bond donors (Lipinski definition) is 0. The van der Waals surface area contributed by atoms with E-state index in [0.29, 0.717) is 11.6 Å². The summed E-state index contributed by atoms with van der Waals surface area (Å²) >= 11 is 0. The average Bonchev–Trinajstić information content (AvgIpc) is 3.34. The fraction of sp³-hybridized carbons (Fsp3) is 0.200. The summed E-state index contributed by atoms with van der Waals surface area (Å²) in [4.78, 5) is 0.